The van der Waals surface area contributed by atoms with E-state index >= 15 is 0 Å². The molecule has 0 N–H and O–H groups in total. The summed E-state index contributed by atoms with van der Waals surface area (Å²) in [6, 6.07) is 0. The van der Waals surface area contributed by atoms with Crippen LogP contribution in [-0.2, 0) is 19.1 Å². The molecule has 88 valence electrons. The largest absolute Gasteiger partial charge is 0.468 e. The van der Waals surface area contributed by atoms with Crippen LogP contribution >= 0.6 is 15.9 Å². The van der Waals surface area contributed by atoms with Crippen molar-refractivity contribution in [2.45, 2.75) is 32.8 Å². The highest BCUT2D eigenvalue weighted by atomic mass is 79.9. The van der Waals surface area contributed by atoms with E-state index in [1.807, 2.05) is 0 Å². The van der Waals surface area contributed by atoms with Crippen LogP contribution in [0.15, 0.2) is 0 Å². The molecule has 0 aromatic heterocycles. The van der Waals surface area contributed by atoms with Gasteiger partial charge >= 0.3 is 11.9 Å². The summed E-state index contributed by atoms with van der Waals surface area (Å²) in [4.78, 5) is 22.9. The van der Waals surface area contributed by atoms with Gasteiger partial charge in [0, 0.05) is 5.33 Å². The van der Waals surface area contributed by atoms with Gasteiger partial charge in [-0.25, -0.2) is 0 Å². The minimum Gasteiger partial charge on any atom is -0.468 e. The van der Waals surface area contributed by atoms with Gasteiger partial charge in [0.05, 0.1) is 7.11 Å². The number of ether oxygens (including phenoxy) is 2. The number of methoxy groups -OCH3 is 1. The maximum Gasteiger partial charge on any atom is 0.320 e. The lowest BCUT2D eigenvalue weighted by Gasteiger charge is -2.22. The van der Waals surface area contributed by atoms with Gasteiger partial charge in [0.25, 0.3) is 0 Å². The van der Waals surface area contributed by atoms with Gasteiger partial charge in [-0.2, -0.15) is 0 Å². The fourth-order valence-corrected chi connectivity index (χ4v) is 1.41. The van der Waals surface area contributed by atoms with Crippen molar-refractivity contribution < 1.29 is 19.1 Å². The van der Waals surface area contributed by atoms with Crippen molar-refractivity contribution in [1.82, 2.24) is 0 Å². The highest BCUT2D eigenvalue weighted by Crippen LogP contribution is 2.15. The summed E-state index contributed by atoms with van der Waals surface area (Å²) in [7, 11) is 1.26. The first-order valence-corrected chi connectivity index (χ1v) is 5.80. The van der Waals surface area contributed by atoms with Crippen LogP contribution in [0.3, 0.4) is 0 Å². The molecule has 0 aliphatic heterocycles. The van der Waals surface area contributed by atoms with Crippen molar-refractivity contribution in [3.63, 3.8) is 0 Å². The molecule has 0 bridgehead atoms. The molecule has 5 heteroatoms. The van der Waals surface area contributed by atoms with Crippen LogP contribution in [0.4, 0.5) is 0 Å². The first-order valence-electron chi connectivity index (χ1n) is 4.68. The molecule has 0 radical (unpaired) electrons. The molecule has 0 amide bonds. The fourth-order valence-electron chi connectivity index (χ4n) is 0.956. The fraction of sp³-hybridized carbons (Fsp3) is 0.800. The molecule has 0 fully saturated rings. The molecular formula is C10H17BrO4. The third-order valence-corrected chi connectivity index (χ3v) is 2.03. The standard InChI is InChI=1S/C10H17BrO4/c1-10(2,3)15-9(13)7(5-6-11)8(12)14-4/h7H,5-6H2,1-4H3/t7-/m0/s1. The van der Waals surface area contributed by atoms with Gasteiger partial charge in [0.2, 0.25) is 0 Å². The zero-order valence-corrected chi connectivity index (χ0v) is 11.1. The molecule has 0 rings (SSSR count). The topological polar surface area (TPSA) is 52.6 Å². The van der Waals surface area contributed by atoms with Gasteiger partial charge in [-0.05, 0) is 27.2 Å². The molecule has 0 unspecified atom stereocenters. The second-order valence-electron chi connectivity index (χ2n) is 4.09. The van der Waals surface area contributed by atoms with Gasteiger partial charge in [-0.3, -0.25) is 9.59 Å². The van der Waals surface area contributed by atoms with Crippen LogP contribution in [-0.4, -0.2) is 30.0 Å². The van der Waals surface area contributed by atoms with Crippen LogP contribution in [0.2, 0.25) is 0 Å². The highest BCUT2D eigenvalue weighted by Gasteiger charge is 2.31. The Morgan fingerprint density at radius 3 is 2.13 bits per heavy atom. The van der Waals surface area contributed by atoms with Crippen LogP contribution in [0.5, 0.6) is 0 Å². The molecule has 15 heavy (non-hydrogen) atoms. The van der Waals surface area contributed by atoms with E-state index in [4.69, 9.17) is 4.74 Å². The first-order chi connectivity index (χ1) is 6.81. The van der Waals surface area contributed by atoms with Crippen molar-refractivity contribution >= 4 is 27.9 Å². The van der Waals surface area contributed by atoms with E-state index in [0.29, 0.717) is 11.8 Å². The monoisotopic (exact) mass is 280 g/mol. The summed E-state index contributed by atoms with van der Waals surface area (Å²) in [6.07, 6.45) is 0.377. The Morgan fingerprint density at radius 1 is 1.27 bits per heavy atom. The van der Waals surface area contributed by atoms with E-state index < -0.39 is 23.5 Å². The number of hydrogen-bond donors (Lipinski definition) is 0. The molecule has 0 aromatic carbocycles. The quantitative estimate of drug-likeness (QED) is 0.448. The molecule has 4 nitrogen and oxygen atoms in total. The van der Waals surface area contributed by atoms with Crippen LogP contribution in [0, 0.1) is 5.92 Å². The van der Waals surface area contributed by atoms with Gasteiger partial charge in [0.1, 0.15) is 5.60 Å². The van der Waals surface area contributed by atoms with E-state index in [-0.39, 0.29) is 0 Å². The average Bonchev–Trinajstić information content (AvgIpc) is 2.10. The molecule has 0 heterocycles. The highest BCUT2D eigenvalue weighted by molar-refractivity contribution is 9.09. The van der Waals surface area contributed by atoms with Gasteiger partial charge in [-0.15, -0.1) is 0 Å². The molecule has 0 aromatic rings. The number of halogens is 1. The van der Waals surface area contributed by atoms with Crippen molar-refractivity contribution in [3.8, 4) is 0 Å². The lowest BCUT2D eigenvalue weighted by atomic mass is 10.1. The minimum absolute atomic E-state index is 0.377. The van der Waals surface area contributed by atoms with Crippen LogP contribution in [0.25, 0.3) is 0 Å². The normalized spacial score (nSPS) is 13.1. The van der Waals surface area contributed by atoms with Crippen molar-refractivity contribution in [3.05, 3.63) is 0 Å². The maximum atomic E-state index is 11.6. The Labute approximate surface area is 98.4 Å². The van der Waals surface area contributed by atoms with E-state index in [9.17, 15) is 9.59 Å². The predicted octanol–water partition coefficient (Wildman–Crippen LogP) is 1.90. The summed E-state index contributed by atoms with van der Waals surface area (Å²) in [5, 5.41) is 0.548. The summed E-state index contributed by atoms with van der Waals surface area (Å²) >= 11 is 3.18. The summed E-state index contributed by atoms with van der Waals surface area (Å²) in [6.45, 7) is 5.27. The minimum atomic E-state index is -0.839. The summed E-state index contributed by atoms with van der Waals surface area (Å²) < 4.78 is 9.65. The van der Waals surface area contributed by atoms with Crippen LogP contribution < -0.4 is 0 Å². The number of carbonyl (C=O) groups is 2. The Balaban J connectivity index is 4.49. The predicted molar refractivity (Wildman–Crippen MR) is 59.8 cm³/mol. The Bertz CT molecular complexity index is 232. The molecule has 0 aliphatic carbocycles. The molecule has 0 saturated carbocycles. The molecule has 0 spiro atoms. The molecular weight excluding hydrogens is 264 g/mol. The van der Waals surface area contributed by atoms with E-state index in [0.717, 1.165) is 0 Å². The second kappa shape index (κ2) is 6.10. The SMILES string of the molecule is COC(=O)[C@H](CCBr)C(=O)OC(C)(C)C. The molecule has 0 saturated heterocycles. The Hall–Kier alpha value is -0.580. The zero-order valence-electron chi connectivity index (χ0n) is 9.50. The Morgan fingerprint density at radius 2 is 1.80 bits per heavy atom. The van der Waals surface area contributed by atoms with Gasteiger partial charge in [0.15, 0.2) is 5.92 Å². The smallest absolute Gasteiger partial charge is 0.320 e. The van der Waals surface area contributed by atoms with Crippen molar-refractivity contribution in [2.75, 3.05) is 12.4 Å². The van der Waals surface area contributed by atoms with Crippen molar-refractivity contribution in [1.29, 1.82) is 0 Å². The number of esters is 2. The lowest BCUT2D eigenvalue weighted by Crippen LogP contribution is -2.33. The third-order valence-electron chi connectivity index (χ3n) is 1.57. The summed E-state index contributed by atoms with van der Waals surface area (Å²) in [5.41, 5.74) is -0.588. The average molecular weight is 281 g/mol. The number of hydrogen-bond acceptors (Lipinski definition) is 4. The number of carbonyl (C=O) groups excluding carboxylic acids is 2. The zero-order chi connectivity index (χ0) is 12.1. The lowest BCUT2D eigenvalue weighted by molar-refractivity contribution is -0.168. The molecule has 1 atom stereocenters. The number of rotatable bonds is 4. The second-order valence-corrected chi connectivity index (χ2v) is 4.88. The van der Waals surface area contributed by atoms with E-state index in [1.54, 1.807) is 20.8 Å². The Kier molecular flexibility index (Phi) is 5.87. The maximum absolute atomic E-state index is 11.6. The third kappa shape index (κ3) is 5.77. The number of alkyl halides is 1. The first kappa shape index (κ1) is 14.4. The summed E-state index contributed by atoms with van der Waals surface area (Å²) in [5.74, 6) is -1.92. The van der Waals surface area contributed by atoms with Crippen molar-refractivity contribution in [2.24, 2.45) is 5.92 Å². The van der Waals surface area contributed by atoms with Gasteiger partial charge < -0.3 is 9.47 Å². The van der Waals surface area contributed by atoms with E-state index in [1.165, 1.54) is 7.11 Å². The molecule has 0 aliphatic rings. The van der Waals surface area contributed by atoms with Crippen LogP contribution in [0.1, 0.15) is 27.2 Å². The van der Waals surface area contributed by atoms with E-state index in [2.05, 4.69) is 20.7 Å². The van der Waals surface area contributed by atoms with Gasteiger partial charge in [-0.1, -0.05) is 15.9 Å².